The molecule has 0 bridgehead atoms. The molecule has 0 amide bonds. The van der Waals surface area contributed by atoms with Crippen LogP contribution in [0.4, 0.5) is 5.69 Å². The van der Waals surface area contributed by atoms with E-state index >= 15 is 0 Å². The first-order valence-electron chi connectivity index (χ1n) is 20.0. The third-order valence-corrected chi connectivity index (χ3v) is 10.3. The Morgan fingerprint density at radius 2 is 1.20 bits per heavy atom. The van der Waals surface area contributed by atoms with Crippen LogP contribution in [0.5, 0.6) is 29.1 Å². The van der Waals surface area contributed by atoms with Gasteiger partial charge >= 0.3 is 0 Å². The van der Waals surface area contributed by atoms with Gasteiger partial charge in [-0.2, -0.15) is 5.10 Å². The van der Waals surface area contributed by atoms with Crippen molar-refractivity contribution in [1.82, 2.24) is 34.9 Å². The summed E-state index contributed by atoms with van der Waals surface area (Å²) in [5.74, 6) is 3.34. The molecule has 0 aromatic carbocycles. The van der Waals surface area contributed by atoms with Crippen molar-refractivity contribution in [3.05, 3.63) is 77.0 Å². The molecule has 298 valence electrons. The van der Waals surface area contributed by atoms with Gasteiger partial charge in [-0.3, -0.25) is 14.8 Å². The largest absolute Gasteiger partial charge is 0.484 e. The number of aromatic nitrogens is 5. The number of likely N-dealkylation sites (tertiary alicyclic amines) is 2. The Kier molecular flexibility index (Phi) is 13.9. The quantitative estimate of drug-likeness (QED) is 0.193. The molecule has 0 spiro atoms. The van der Waals surface area contributed by atoms with Crippen molar-refractivity contribution < 1.29 is 25.1 Å². The highest BCUT2D eigenvalue weighted by Crippen LogP contribution is 2.33. The predicted molar refractivity (Wildman–Crippen MR) is 215 cm³/mol. The van der Waals surface area contributed by atoms with Crippen molar-refractivity contribution in [2.24, 2.45) is 0 Å². The molecule has 0 radical (unpaired) electrons. The minimum absolute atomic E-state index is 0. The van der Waals surface area contributed by atoms with E-state index in [4.69, 9.17) is 23.7 Å². The Morgan fingerprint density at radius 3 is 1.73 bits per heavy atom. The van der Waals surface area contributed by atoms with E-state index in [9.17, 15) is 0 Å². The molecule has 2 unspecified atom stereocenters. The molecule has 2 saturated heterocycles. The van der Waals surface area contributed by atoms with E-state index in [0.717, 1.165) is 91.7 Å². The van der Waals surface area contributed by atoms with Crippen molar-refractivity contribution in [3.63, 3.8) is 0 Å². The molecule has 2 fully saturated rings. The lowest BCUT2D eigenvalue weighted by molar-refractivity contribution is 0.0746. The van der Waals surface area contributed by atoms with Gasteiger partial charge in [0.05, 0.1) is 17.6 Å². The van der Waals surface area contributed by atoms with E-state index in [1.165, 1.54) is 5.69 Å². The number of rotatable bonds is 8. The standard InChI is InChI=1S/C21H28N4O2.C19H24N4O3.C2H6.H2/c1-14-12-18(13-15(2)22-14)23-17-6-8-25(9-7-17)16(3)19-4-5-20-21(24-19)27-11-10-26-20;1-13-11-18(22-20-12-13)26-15-5-7-23(8-6-15)14(2)16-3-4-17-19(21-16)25-10-9-24-17;1-2;/h4-5,12-13,16-17H,6-11H2,1-3H3,(H,22,23);3-4,11-12,14-15H,5-10H2,1-2H3;1-2H3;1H. The molecule has 4 aromatic heterocycles. The molecular weight excluding hydrogens is 697 g/mol. The number of hydrogen-bond acceptors (Lipinski definition) is 13. The molecule has 8 rings (SSSR count). The van der Waals surface area contributed by atoms with Crippen LogP contribution in [-0.2, 0) is 0 Å². The van der Waals surface area contributed by atoms with Crippen LogP contribution in [0.1, 0.15) is 95.2 Å². The number of anilines is 1. The van der Waals surface area contributed by atoms with Crippen LogP contribution in [-0.4, -0.2) is 99.7 Å². The van der Waals surface area contributed by atoms with E-state index in [2.05, 4.69) is 72.3 Å². The number of nitrogens with one attached hydrogen (secondary N) is 1. The van der Waals surface area contributed by atoms with Gasteiger partial charge in [0.25, 0.3) is 11.8 Å². The van der Waals surface area contributed by atoms with Crippen LogP contribution in [0.3, 0.4) is 0 Å². The van der Waals surface area contributed by atoms with Gasteiger partial charge in [0.1, 0.15) is 32.5 Å². The van der Waals surface area contributed by atoms with Gasteiger partial charge in [0, 0.05) is 68.9 Å². The molecule has 4 aromatic rings. The summed E-state index contributed by atoms with van der Waals surface area (Å²) in [4.78, 5) is 18.7. The zero-order chi connectivity index (χ0) is 38.7. The fourth-order valence-corrected chi connectivity index (χ4v) is 7.36. The predicted octanol–water partition coefficient (Wildman–Crippen LogP) is 7.33. The molecule has 13 heteroatoms. The van der Waals surface area contributed by atoms with Crippen molar-refractivity contribution in [2.45, 2.75) is 98.4 Å². The van der Waals surface area contributed by atoms with E-state index < -0.39 is 0 Å². The molecule has 55 heavy (non-hydrogen) atoms. The van der Waals surface area contributed by atoms with Gasteiger partial charge in [-0.25, -0.2) is 9.97 Å². The van der Waals surface area contributed by atoms with Gasteiger partial charge < -0.3 is 29.0 Å². The van der Waals surface area contributed by atoms with Crippen molar-refractivity contribution >= 4 is 5.69 Å². The minimum Gasteiger partial charge on any atom is -0.484 e. The molecular formula is C42H60N8O5. The van der Waals surface area contributed by atoms with E-state index in [0.29, 0.717) is 50.1 Å². The van der Waals surface area contributed by atoms with Crippen molar-refractivity contribution in [1.29, 1.82) is 0 Å². The van der Waals surface area contributed by atoms with Gasteiger partial charge in [0.15, 0.2) is 11.5 Å². The monoisotopic (exact) mass is 756 g/mol. The molecule has 0 aliphatic carbocycles. The summed E-state index contributed by atoms with van der Waals surface area (Å²) in [5.41, 5.74) is 6.43. The van der Waals surface area contributed by atoms with Gasteiger partial charge in [-0.05, 0) is 102 Å². The van der Waals surface area contributed by atoms with Crippen LogP contribution in [0.2, 0.25) is 0 Å². The lowest BCUT2D eigenvalue weighted by Crippen LogP contribution is -2.40. The summed E-state index contributed by atoms with van der Waals surface area (Å²) in [6.45, 7) is 20.8. The third-order valence-electron chi connectivity index (χ3n) is 10.3. The Balaban J connectivity index is 0.000000202. The Morgan fingerprint density at radius 1 is 0.691 bits per heavy atom. The van der Waals surface area contributed by atoms with Crippen molar-refractivity contribution in [3.8, 4) is 29.1 Å². The minimum atomic E-state index is 0. The molecule has 4 aliphatic heterocycles. The first kappa shape index (κ1) is 39.9. The lowest BCUT2D eigenvalue weighted by atomic mass is 10.0. The SMILES string of the molecule is CC.Cc1cc(NC2CCN(C(C)c3ccc4c(n3)OCCO4)CC2)cc(C)n1.Cc1cnnc(OC2CCN(C(C)c3ccc4c(n3)OCCO4)CC2)c1.[HH]. The zero-order valence-corrected chi connectivity index (χ0v) is 33.6. The highest BCUT2D eigenvalue weighted by molar-refractivity contribution is 5.46. The molecule has 0 saturated carbocycles. The average molecular weight is 757 g/mol. The maximum absolute atomic E-state index is 5.99. The van der Waals surface area contributed by atoms with E-state index in [-0.39, 0.29) is 19.6 Å². The highest BCUT2D eigenvalue weighted by atomic mass is 16.6. The van der Waals surface area contributed by atoms with Crippen LogP contribution in [0, 0.1) is 20.8 Å². The summed E-state index contributed by atoms with van der Waals surface area (Å²) in [6.07, 6.45) is 6.08. The summed E-state index contributed by atoms with van der Waals surface area (Å²) >= 11 is 0. The first-order chi connectivity index (χ1) is 26.8. The highest BCUT2D eigenvalue weighted by Gasteiger charge is 2.28. The molecule has 1 N–H and O–H groups in total. The molecule has 13 nitrogen and oxygen atoms in total. The normalized spacial score (nSPS) is 18.5. The number of ether oxygens (including phenoxy) is 5. The molecule has 2 atom stereocenters. The molecule has 4 aliphatic rings. The van der Waals surface area contributed by atoms with Crippen LogP contribution >= 0.6 is 0 Å². The third kappa shape index (κ3) is 10.7. The second-order valence-electron chi connectivity index (χ2n) is 14.3. The maximum atomic E-state index is 5.99. The maximum Gasteiger partial charge on any atom is 0.257 e. The lowest BCUT2D eigenvalue weighted by Gasteiger charge is -2.36. The number of hydrogen-bond donors (Lipinski definition) is 1. The first-order valence-corrected chi connectivity index (χ1v) is 20.0. The smallest absolute Gasteiger partial charge is 0.257 e. The summed E-state index contributed by atoms with van der Waals surface area (Å²) < 4.78 is 28.4. The van der Waals surface area contributed by atoms with Gasteiger partial charge in [0.2, 0.25) is 5.88 Å². The van der Waals surface area contributed by atoms with Gasteiger partial charge in [-0.15, -0.1) is 5.10 Å². The number of piperidine rings is 2. The summed E-state index contributed by atoms with van der Waals surface area (Å²) in [6, 6.07) is 15.2. The Labute approximate surface area is 327 Å². The number of nitrogens with zero attached hydrogens (tertiary/aromatic N) is 7. The summed E-state index contributed by atoms with van der Waals surface area (Å²) in [7, 11) is 0. The van der Waals surface area contributed by atoms with Crippen LogP contribution in [0.25, 0.3) is 0 Å². The average Bonchev–Trinajstić information content (AvgIpc) is 3.21. The zero-order valence-electron chi connectivity index (χ0n) is 33.6. The van der Waals surface area contributed by atoms with E-state index in [1.54, 1.807) is 6.20 Å². The number of fused-ring (bicyclic) bond motifs is 2. The fraction of sp³-hybridized carbons (Fsp3) is 0.548. The molecule has 8 heterocycles. The fourth-order valence-electron chi connectivity index (χ4n) is 7.36. The second kappa shape index (κ2) is 19.2. The van der Waals surface area contributed by atoms with Crippen LogP contribution in [0.15, 0.2) is 48.7 Å². The van der Waals surface area contributed by atoms with Crippen LogP contribution < -0.4 is 29.0 Å². The number of pyridine rings is 3. The number of aryl methyl sites for hydroxylation is 3. The van der Waals surface area contributed by atoms with Gasteiger partial charge in [-0.1, -0.05) is 13.8 Å². The Bertz CT molecular complexity index is 1820. The second-order valence-corrected chi connectivity index (χ2v) is 14.3. The van der Waals surface area contributed by atoms with E-state index in [1.807, 2.05) is 58.9 Å². The topological polar surface area (TPSA) is 129 Å². The summed E-state index contributed by atoms with van der Waals surface area (Å²) in [5, 5.41) is 11.7. The van der Waals surface area contributed by atoms with Crippen molar-refractivity contribution in [2.75, 3.05) is 57.9 Å². The Hall–Kier alpha value is -4.75.